The molecule has 102 valence electrons. The lowest BCUT2D eigenvalue weighted by atomic mass is 9.82. The molecule has 0 saturated carbocycles. The summed E-state index contributed by atoms with van der Waals surface area (Å²) in [6, 6.07) is 4.32. The van der Waals surface area contributed by atoms with Crippen LogP contribution in [-0.2, 0) is 5.41 Å². The Bertz CT molecular complexity index is 402. The molecule has 0 aromatic heterocycles. The van der Waals surface area contributed by atoms with Gasteiger partial charge in [-0.25, -0.2) is 5.43 Å². The molecule has 4 N–H and O–H groups in total. The number of hydrogen-bond donors (Lipinski definition) is 3. The van der Waals surface area contributed by atoms with Crippen LogP contribution in [0, 0.1) is 13.8 Å². The molecule has 0 radical (unpaired) electrons. The van der Waals surface area contributed by atoms with Crippen LogP contribution >= 0.6 is 0 Å². The second kappa shape index (κ2) is 6.18. The van der Waals surface area contributed by atoms with Crippen LogP contribution in [-0.4, -0.2) is 20.3 Å². The highest BCUT2D eigenvalue weighted by Crippen LogP contribution is 2.33. The van der Waals surface area contributed by atoms with Crippen LogP contribution in [0.4, 0.5) is 0 Å². The zero-order valence-electron chi connectivity index (χ0n) is 12.1. The van der Waals surface area contributed by atoms with Gasteiger partial charge in [0.2, 0.25) is 0 Å². The summed E-state index contributed by atoms with van der Waals surface area (Å²) in [4.78, 5) is 0. The van der Waals surface area contributed by atoms with E-state index >= 15 is 0 Å². The molecule has 0 saturated heterocycles. The van der Waals surface area contributed by atoms with Crippen molar-refractivity contribution in [2.24, 2.45) is 5.84 Å². The van der Waals surface area contributed by atoms with Gasteiger partial charge in [-0.1, -0.05) is 19.9 Å². The summed E-state index contributed by atoms with van der Waals surface area (Å²) in [6.07, 6.45) is 0. The van der Waals surface area contributed by atoms with E-state index in [1.807, 2.05) is 0 Å². The fourth-order valence-corrected chi connectivity index (χ4v) is 2.03. The first kappa shape index (κ1) is 15.0. The topological polar surface area (TPSA) is 59.3 Å². The molecular weight excluding hydrogens is 226 g/mol. The summed E-state index contributed by atoms with van der Waals surface area (Å²) in [5.74, 6) is 6.21. The highest BCUT2D eigenvalue weighted by Gasteiger charge is 2.24. The molecule has 0 fully saturated rings. The van der Waals surface area contributed by atoms with Crippen molar-refractivity contribution in [2.45, 2.75) is 33.1 Å². The molecule has 18 heavy (non-hydrogen) atoms. The monoisotopic (exact) mass is 251 g/mol. The minimum Gasteiger partial charge on any atom is -0.496 e. The Labute approximate surface area is 110 Å². The number of methoxy groups -OCH3 is 1. The molecule has 0 aliphatic carbocycles. The highest BCUT2D eigenvalue weighted by molar-refractivity contribution is 5.45. The van der Waals surface area contributed by atoms with Gasteiger partial charge in [-0.3, -0.25) is 5.84 Å². The molecule has 1 rings (SSSR count). The Morgan fingerprint density at radius 3 is 2.39 bits per heavy atom. The van der Waals surface area contributed by atoms with E-state index in [9.17, 15) is 0 Å². The van der Waals surface area contributed by atoms with Crippen molar-refractivity contribution < 1.29 is 4.74 Å². The summed E-state index contributed by atoms with van der Waals surface area (Å²) < 4.78 is 5.51. The molecule has 0 aliphatic rings. The third kappa shape index (κ3) is 3.45. The molecule has 0 aliphatic heterocycles. The second-order valence-electron chi connectivity index (χ2n) is 5.33. The number of rotatable bonds is 6. The predicted molar refractivity (Wildman–Crippen MR) is 75.7 cm³/mol. The Balaban J connectivity index is 3.02. The highest BCUT2D eigenvalue weighted by atomic mass is 16.5. The summed E-state index contributed by atoms with van der Waals surface area (Å²) in [5, 5.41) is 3.27. The average molecular weight is 251 g/mol. The maximum absolute atomic E-state index is 5.51. The largest absolute Gasteiger partial charge is 0.496 e. The van der Waals surface area contributed by atoms with Crippen molar-refractivity contribution in [3.8, 4) is 5.75 Å². The lowest BCUT2D eigenvalue weighted by Gasteiger charge is -2.28. The maximum Gasteiger partial charge on any atom is 0.122 e. The van der Waals surface area contributed by atoms with E-state index in [1.165, 1.54) is 16.7 Å². The van der Waals surface area contributed by atoms with E-state index in [4.69, 9.17) is 10.6 Å². The third-order valence-electron chi connectivity index (χ3n) is 3.34. The number of hydrogen-bond acceptors (Lipinski definition) is 4. The van der Waals surface area contributed by atoms with Gasteiger partial charge in [0.1, 0.15) is 5.75 Å². The van der Waals surface area contributed by atoms with Crippen molar-refractivity contribution in [1.29, 1.82) is 0 Å². The fourth-order valence-electron chi connectivity index (χ4n) is 2.03. The van der Waals surface area contributed by atoms with Crippen LogP contribution in [0.5, 0.6) is 5.75 Å². The summed E-state index contributed by atoms with van der Waals surface area (Å²) >= 11 is 0. The molecular formula is C14H25N3O. The fraction of sp³-hybridized carbons (Fsp3) is 0.571. The van der Waals surface area contributed by atoms with Crippen LogP contribution in [0.3, 0.4) is 0 Å². The van der Waals surface area contributed by atoms with E-state index in [0.717, 1.165) is 12.3 Å². The molecule has 0 spiro atoms. The first-order valence-electron chi connectivity index (χ1n) is 6.22. The summed E-state index contributed by atoms with van der Waals surface area (Å²) in [6.45, 7) is 10.0. The molecule has 0 amide bonds. The van der Waals surface area contributed by atoms with Crippen LogP contribution in [0.25, 0.3) is 0 Å². The Hall–Kier alpha value is -1.10. The molecule has 4 heteroatoms. The van der Waals surface area contributed by atoms with Crippen molar-refractivity contribution in [2.75, 3.05) is 20.3 Å². The van der Waals surface area contributed by atoms with Crippen molar-refractivity contribution in [1.82, 2.24) is 10.7 Å². The van der Waals surface area contributed by atoms with E-state index < -0.39 is 0 Å². The first-order valence-corrected chi connectivity index (χ1v) is 6.22. The van der Waals surface area contributed by atoms with Gasteiger partial charge in [0.25, 0.3) is 0 Å². The van der Waals surface area contributed by atoms with Crippen LogP contribution in [0.1, 0.15) is 30.5 Å². The standard InChI is InChI=1S/C14H25N3O/c1-10-6-12(13(18-5)7-11(10)2)14(3,4)8-16-9-17-15/h6-7,16-17H,8-9,15H2,1-5H3. The van der Waals surface area contributed by atoms with E-state index in [-0.39, 0.29) is 5.41 Å². The van der Waals surface area contributed by atoms with Gasteiger partial charge in [-0.15, -0.1) is 0 Å². The van der Waals surface area contributed by atoms with Crippen LogP contribution < -0.4 is 21.3 Å². The van der Waals surface area contributed by atoms with Crippen LogP contribution in [0.15, 0.2) is 12.1 Å². The Morgan fingerprint density at radius 2 is 1.83 bits per heavy atom. The molecule has 0 heterocycles. The third-order valence-corrected chi connectivity index (χ3v) is 3.34. The molecule has 0 atom stereocenters. The lowest BCUT2D eigenvalue weighted by molar-refractivity contribution is 0.383. The number of ether oxygens (including phenoxy) is 1. The summed E-state index contributed by atoms with van der Waals surface area (Å²) in [7, 11) is 1.72. The predicted octanol–water partition coefficient (Wildman–Crippen LogP) is 1.60. The van der Waals surface area contributed by atoms with Crippen molar-refractivity contribution in [3.63, 3.8) is 0 Å². The van der Waals surface area contributed by atoms with Gasteiger partial charge in [0.15, 0.2) is 0 Å². The quantitative estimate of drug-likeness (QED) is 0.311. The Kier molecular flexibility index (Phi) is 5.14. The number of nitrogens with two attached hydrogens (primary N) is 1. The lowest BCUT2D eigenvalue weighted by Crippen LogP contribution is -2.40. The van der Waals surface area contributed by atoms with Gasteiger partial charge in [-0.05, 0) is 31.0 Å². The van der Waals surface area contributed by atoms with Crippen molar-refractivity contribution in [3.05, 3.63) is 28.8 Å². The zero-order chi connectivity index (χ0) is 13.8. The minimum absolute atomic E-state index is 0.0132. The van der Waals surface area contributed by atoms with Gasteiger partial charge < -0.3 is 10.1 Å². The van der Waals surface area contributed by atoms with Gasteiger partial charge >= 0.3 is 0 Å². The van der Waals surface area contributed by atoms with E-state index in [2.05, 4.69) is 50.6 Å². The zero-order valence-corrected chi connectivity index (χ0v) is 12.1. The number of nitrogens with one attached hydrogen (secondary N) is 2. The van der Waals surface area contributed by atoms with Gasteiger partial charge in [0, 0.05) is 17.5 Å². The van der Waals surface area contributed by atoms with Gasteiger partial charge in [0.05, 0.1) is 13.8 Å². The van der Waals surface area contributed by atoms with E-state index in [0.29, 0.717) is 6.67 Å². The first-order chi connectivity index (χ1) is 8.42. The molecule has 1 aromatic carbocycles. The molecule has 0 unspecified atom stereocenters. The average Bonchev–Trinajstić information content (AvgIpc) is 2.32. The number of benzene rings is 1. The van der Waals surface area contributed by atoms with Crippen LogP contribution in [0.2, 0.25) is 0 Å². The number of hydrazine groups is 1. The summed E-state index contributed by atoms with van der Waals surface area (Å²) in [5.41, 5.74) is 6.35. The maximum atomic E-state index is 5.51. The SMILES string of the molecule is COc1cc(C)c(C)cc1C(C)(C)CNCNN. The van der Waals surface area contributed by atoms with Gasteiger partial charge in [-0.2, -0.15) is 0 Å². The Morgan fingerprint density at radius 1 is 1.22 bits per heavy atom. The molecule has 1 aromatic rings. The molecule has 4 nitrogen and oxygen atoms in total. The van der Waals surface area contributed by atoms with Crippen molar-refractivity contribution >= 4 is 0 Å². The smallest absolute Gasteiger partial charge is 0.122 e. The number of aryl methyl sites for hydroxylation is 2. The van der Waals surface area contributed by atoms with E-state index in [1.54, 1.807) is 7.11 Å². The normalized spacial score (nSPS) is 11.7. The molecule has 0 bridgehead atoms. The second-order valence-corrected chi connectivity index (χ2v) is 5.33. The minimum atomic E-state index is -0.0132.